The van der Waals surface area contributed by atoms with Crippen LogP contribution in [0.25, 0.3) is 0 Å². The number of benzene rings is 1. The first kappa shape index (κ1) is 14.3. The smallest absolute Gasteiger partial charge is 0.338 e. The van der Waals surface area contributed by atoms with Crippen LogP contribution in [-0.2, 0) is 4.74 Å². The van der Waals surface area contributed by atoms with Gasteiger partial charge >= 0.3 is 5.97 Å². The van der Waals surface area contributed by atoms with Crippen LogP contribution >= 0.6 is 0 Å². The minimum absolute atomic E-state index is 0.224. The first-order chi connectivity index (χ1) is 9.79. The monoisotopic (exact) mass is 273 g/mol. The predicted molar refractivity (Wildman–Crippen MR) is 76.7 cm³/mol. The normalized spacial score (nSPS) is 19.2. The summed E-state index contributed by atoms with van der Waals surface area (Å²) in [5, 5.41) is 2.83. The summed E-state index contributed by atoms with van der Waals surface area (Å²) < 4.78 is 5.21. The molecule has 1 aliphatic heterocycles. The van der Waals surface area contributed by atoms with Crippen molar-refractivity contribution in [2.24, 2.45) is 0 Å². The Hall–Kier alpha value is -2.10. The van der Waals surface area contributed by atoms with Crippen molar-refractivity contribution >= 4 is 11.9 Å². The molecule has 0 bridgehead atoms. The minimum atomic E-state index is -0.434. The molecule has 0 spiro atoms. The van der Waals surface area contributed by atoms with Gasteiger partial charge in [0.25, 0.3) is 5.91 Å². The van der Waals surface area contributed by atoms with Gasteiger partial charge in [-0.2, -0.15) is 0 Å². The lowest BCUT2D eigenvalue weighted by Gasteiger charge is -2.10. The van der Waals surface area contributed by atoms with Crippen LogP contribution in [0, 0.1) is 0 Å². The van der Waals surface area contributed by atoms with Crippen LogP contribution in [0.5, 0.6) is 0 Å². The number of allylic oxidation sites excluding steroid dienone is 2. The zero-order chi connectivity index (χ0) is 14.2. The lowest BCUT2D eigenvalue weighted by atomic mass is 10.1. The molecule has 1 aromatic rings. The highest BCUT2D eigenvalue weighted by Crippen LogP contribution is 2.11. The van der Waals surface area contributed by atoms with Gasteiger partial charge in [-0.15, -0.1) is 0 Å². The summed E-state index contributed by atoms with van der Waals surface area (Å²) in [6, 6.07) is 6.76. The Morgan fingerprint density at radius 1 is 0.950 bits per heavy atom. The number of nitrogens with one attached hydrogen (secondary N) is 1. The second-order valence-corrected chi connectivity index (χ2v) is 4.69. The highest BCUT2D eigenvalue weighted by atomic mass is 16.5. The van der Waals surface area contributed by atoms with E-state index in [1.807, 2.05) is 0 Å². The topological polar surface area (TPSA) is 55.4 Å². The molecule has 0 radical (unpaired) electrons. The van der Waals surface area contributed by atoms with Gasteiger partial charge in [-0.05, 0) is 37.8 Å². The van der Waals surface area contributed by atoms with Gasteiger partial charge in [0, 0.05) is 6.54 Å². The maximum atomic E-state index is 12.1. The molecule has 4 nitrogen and oxygen atoms in total. The van der Waals surface area contributed by atoms with Crippen molar-refractivity contribution in [1.82, 2.24) is 5.32 Å². The van der Waals surface area contributed by atoms with Crippen LogP contribution in [-0.4, -0.2) is 25.0 Å². The van der Waals surface area contributed by atoms with Gasteiger partial charge in [-0.25, -0.2) is 4.79 Å². The van der Waals surface area contributed by atoms with Crippen molar-refractivity contribution in [1.29, 1.82) is 0 Å². The number of carbonyl (C=O) groups is 2. The third kappa shape index (κ3) is 3.95. The Balaban J connectivity index is 2.16. The Morgan fingerprint density at radius 3 is 2.45 bits per heavy atom. The molecule has 1 heterocycles. The molecule has 106 valence electrons. The molecule has 0 atom stereocenters. The summed E-state index contributed by atoms with van der Waals surface area (Å²) in [7, 11) is 0. The van der Waals surface area contributed by atoms with Crippen LogP contribution in [0.1, 0.15) is 46.4 Å². The van der Waals surface area contributed by atoms with Gasteiger partial charge in [0.15, 0.2) is 0 Å². The van der Waals surface area contributed by atoms with Gasteiger partial charge in [0.2, 0.25) is 0 Å². The number of hydrogen-bond donors (Lipinski definition) is 1. The lowest BCUT2D eigenvalue weighted by Crippen LogP contribution is -2.26. The average molecular weight is 273 g/mol. The number of fused-ring (bicyclic) bond motifs is 1. The van der Waals surface area contributed by atoms with E-state index in [4.69, 9.17) is 4.74 Å². The summed E-state index contributed by atoms with van der Waals surface area (Å²) in [5.74, 6) is -0.657. The van der Waals surface area contributed by atoms with Crippen LogP contribution in [0.3, 0.4) is 0 Å². The fraction of sp³-hybridized carbons (Fsp3) is 0.375. The molecular formula is C16H19NO3. The maximum absolute atomic E-state index is 12.1. The molecule has 20 heavy (non-hydrogen) atoms. The summed E-state index contributed by atoms with van der Waals surface area (Å²) in [5.41, 5.74) is 0.711. The fourth-order valence-electron chi connectivity index (χ4n) is 2.06. The third-order valence-corrected chi connectivity index (χ3v) is 3.14. The van der Waals surface area contributed by atoms with E-state index < -0.39 is 5.97 Å². The molecule has 4 heteroatoms. The Bertz CT molecular complexity index is 463. The summed E-state index contributed by atoms with van der Waals surface area (Å²) >= 11 is 0. The van der Waals surface area contributed by atoms with Gasteiger partial charge < -0.3 is 10.1 Å². The van der Waals surface area contributed by atoms with Gasteiger partial charge in [0.1, 0.15) is 0 Å². The molecular weight excluding hydrogens is 254 g/mol. The van der Waals surface area contributed by atoms with Crippen molar-refractivity contribution in [2.45, 2.75) is 25.7 Å². The van der Waals surface area contributed by atoms with Crippen LogP contribution < -0.4 is 5.32 Å². The molecule has 0 unspecified atom stereocenters. The average Bonchev–Trinajstić information content (AvgIpc) is 2.48. The molecule has 2 rings (SSSR count). The van der Waals surface area contributed by atoms with E-state index in [1.54, 1.807) is 24.3 Å². The summed E-state index contributed by atoms with van der Waals surface area (Å²) in [6.45, 7) is 0.978. The van der Waals surface area contributed by atoms with Gasteiger partial charge in [-0.3, -0.25) is 4.79 Å². The molecule has 1 aliphatic rings. The quantitative estimate of drug-likeness (QED) is 0.584. The zero-order valence-electron chi connectivity index (χ0n) is 11.4. The van der Waals surface area contributed by atoms with Crippen molar-refractivity contribution in [3.05, 3.63) is 47.5 Å². The molecule has 0 aromatic heterocycles. The molecule has 1 aromatic carbocycles. The Labute approximate surface area is 118 Å². The van der Waals surface area contributed by atoms with Gasteiger partial charge in [0.05, 0.1) is 17.7 Å². The number of ether oxygens (including phenoxy) is 1. The molecule has 1 amide bonds. The number of amides is 1. The number of esters is 1. The molecule has 1 N–H and O–H groups in total. The molecule has 0 saturated carbocycles. The number of rotatable bonds is 0. The second-order valence-electron chi connectivity index (χ2n) is 4.69. The SMILES string of the molecule is O=C1NCCC/C=C\CCCOC(=O)c2ccccc21. The van der Waals surface area contributed by atoms with Crippen LogP contribution in [0.2, 0.25) is 0 Å². The zero-order valence-corrected chi connectivity index (χ0v) is 11.4. The molecule has 0 saturated heterocycles. The number of carbonyl (C=O) groups excluding carboxylic acids is 2. The maximum Gasteiger partial charge on any atom is 0.338 e. The standard InChI is InChI=1S/C16H19NO3/c18-15-13-9-5-6-10-14(13)16(19)20-12-8-4-2-1-3-7-11-17-15/h1-2,5-6,9-10H,3-4,7-8,11-12H2,(H,17,18)/b2-1-. The lowest BCUT2D eigenvalue weighted by molar-refractivity contribution is 0.0497. The highest BCUT2D eigenvalue weighted by Gasteiger charge is 2.17. The molecule has 0 aliphatic carbocycles. The third-order valence-electron chi connectivity index (χ3n) is 3.14. The van der Waals surface area contributed by atoms with E-state index in [2.05, 4.69) is 17.5 Å². The second kappa shape index (κ2) is 7.48. The Morgan fingerprint density at radius 2 is 1.65 bits per heavy atom. The molecule has 0 fully saturated rings. The van der Waals surface area contributed by atoms with Crippen molar-refractivity contribution in [3.63, 3.8) is 0 Å². The van der Waals surface area contributed by atoms with Crippen molar-refractivity contribution in [2.75, 3.05) is 13.2 Å². The van der Waals surface area contributed by atoms with Crippen molar-refractivity contribution < 1.29 is 14.3 Å². The van der Waals surface area contributed by atoms with E-state index in [9.17, 15) is 9.59 Å². The van der Waals surface area contributed by atoms with Gasteiger partial charge in [-0.1, -0.05) is 24.3 Å². The first-order valence-electron chi connectivity index (χ1n) is 6.98. The van der Waals surface area contributed by atoms with E-state index in [-0.39, 0.29) is 5.91 Å². The van der Waals surface area contributed by atoms with Crippen LogP contribution in [0.15, 0.2) is 36.4 Å². The largest absolute Gasteiger partial charge is 0.462 e. The van der Waals surface area contributed by atoms with E-state index in [0.29, 0.717) is 24.3 Å². The van der Waals surface area contributed by atoms with E-state index >= 15 is 0 Å². The van der Waals surface area contributed by atoms with Crippen LogP contribution in [0.4, 0.5) is 0 Å². The highest BCUT2D eigenvalue weighted by molar-refractivity contribution is 6.05. The summed E-state index contributed by atoms with van der Waals surface area (Å²) in [6.07, 6.45) is 7.75. The van der Waals surface area contributed by atoms with E-state index in [1.165, 1.54) is 0 Å². The predicted octanol–water partition coefficient (Wildman–Crippen LogP) is 2.70. The number of cyclic esters (lactones) is 1. The Kier molecular flexibility index (Phi) is 5.35. The fourth-order valence-corrected chi connectivity index (χ4v) is 2.06. The van der Waals surface area contributed by atoms with Crippen molar-refractivity contribution in [3.8, 4) is 0 Å². The van der Waals surface area contributed by atoms with E-state index in [0.717, 1.165) is 25.7 Å². The minimum Gasteiger partial charge on any atom is -0.462 e. The first-order valence-corrected chi connectivity index (χ1v) is 6.98. The summed E-state index contributed by atoms with van der Waals surface area (Å²) in [4.78, 5) is 24.1. The number of hydrogen-bond acceptors (Lipinski definition) is 3.